The molecule has 0 aliphatic carbocycles. The highest BCUT2D eigenvalue weighted by molar-refractivity contribution is 9.09. The average Bonchev–Trinajstić information content (AvgIpc) is 3.03. The Morgan fingerprint density at radius 3 is 1.68 bits per heavy atom. The number of carbonyl (C=O) groups excluding carboxylic acids is 1. The van der Waals surface area contributed by atoms with Crippen LogP contribution >= 0.6 is 31.9 Å². The van der Waals surface area contributed by atoms with E-state index >= 15 is 0 Å². The number of epoxide rings is 1. The molecule has 3 radical (unpaired) electrons. The van der Waals surface area contributed by atoms with E-state index in [0.29, 0.717) is 12.7 Å². The Morgan fingerprint density at radius 2 is 1.58 bits per heavy atom. The maximum Gasteiger partial charge on any atom is 0.163 e. The summed E-state index contributed by atoms with van der Waals surface area (Å²) in [7, 11) is 0. The SMILES string of the molecule is BrCC1CO1.CC(C)=O.CC1(C)OCC(CBr)O1.[B]. The van der Waals surface area contributed by atoms with E-state index in [1.807, 2.05) is 13.8 Å². The molecule has 0 saturated carbocycles. The lowest BCUT2D eigenvalue weighted by Crippen LogP contribution is -2.21. The Kier molecular flexibility index (Phi) is 13.0. The molecular weight excluding hydrogens is 379 g/mol. The highest BCUT2D eigenvalue weighted by Gasteiger charge is 2.31. The summed E-state index contributed by atoms with van der Waals surface area (Å²) in [5.74, 6) is -0.196. The first-order valence-corrected chi connectivity index (χ1v) is 8.07. The van der Waals surface area contributed by atoms with Crippen LogP contribution in [0.2, 0.25) is 0 Å². The third kappa shape index (κ3) is 14.8. The molecule has 2 rings (SSSR count). The second-order valence-corrected chi connectivity index (χ2v) is 5.92. The number of rotatable bonds is 2. The van der Waals surface area contributed by atoms with Crippen molar-refractivity contribution in [3.8, 4) is 0 Å². The van der Waals surface area contributed by atoms with Crippen molar-refractivity contribution in [2.24, 2.45) is 0 Å². The maximum absolute atomic E-state index is 9.44. The van der Waals surface area contributed by atoms with Crippen molar-refractivity contribution < 1.29 is 19.0 Å². The number of hydrogen-bond donors (Lipinski definition) is 0. The molecule has 0 aromatic heterocycles. The van der Waals surface area contributed by atoms with Crippen molar-refractivity contribution in [1.29, 1.82) is 0 Å². The molecule has 4 nitrogen and oxygen atoms in total. The molecule has 7 heteroatoms. The second-order valence-electron chi connectivity index (χ2n) is 4.62. The van der Waals surface area contributed by atoms with Crippen LogP contribution in [0.5, 0.6) is 0 Å². The first-order valence-electron chi connectivity index (χ1n) is 5.83. The molecule has 2 atom stereocenters. The minimum absolute atomic E-state index is 0. The van der Waals surface area contributed by atoms with Gasteiger partial charge in [0.05, 0.1) is 25.4 Å². The van der Waals surface area contributed by atoms with Gasteiger partial charge in [0, 0.05) is 19.1 Å². The van der Waals surface area contributed by atoms with E-state index < -0.39 is 0 Å². The van der Waals surface area contributed by atoms with Crippen molar-refractivity contribution in [1.82, 2.24) is 0 Å². The number of carbonyl (C=O) groups is 1. The number of Topliss-reactive ketones (excluding diaryl/α,β-unsaturated/α-hetero) is 1. The fraction of sp³-hybridized carbons (Fsp3) is 0.917. The lowest BCUT2D eigenvalue weighted by Gasteiger charge is -2.15. The molecule has 111 valence electrons. The molecule has 2 fully saturated rings. The van der Waals surface area contributed by atoms with Gasteiger partial charge in [-0.25, -0.2) is 0 Å². The Balaban J connectivity index is 0. The molecule has 0 bridgehead atoms. The number of ether oxygens (including phenoxy) is 3. The number of ketones is 1. The largest absolute Gasteiger partial charge is 0.372 e. The van der Waals surface area contributed by atoms with Crippen molar-refractivity contribution in [3.05, 3.63) is 0 Å². The Morgan fingerprint density at radius 1 is 1.16 bits per heavy atom. The quantitative estimate of drug-likeness (QED) is 0.406. The Bertz CT molecular complexity index is 244. The molecular formula is C12H22BBr2O4. The van der Waals surface area contributed by atoms with Gasteiger partial charge in [-0.2, -0.15) is 0 Å². The zero-order chi connectivity index (χ0) is 14.2. The predicted molar refractivity (Wildman–Crippen MR) is 84.3 cm³/mol. The van der Waals surface area contributed by atoms with Crippen LogP contribution in [-0.2, 0) is 19.0 Å². The van der Waals surface area contributed by atoms with Crippen LogP contribution < -0.4 is 0 Å². The van der Waals surface area contributed by atoms with Gasteiger partial charge in [-0.3, -0.25) is 0 Å². The summed E-state index contributed by atoms with van der Waals surface area (Å²) >= 11 is 6.57. The predicted octanol–water partition coefficient (Wildman–Crippen LogP) is 2.53. The van der Waals surface area contributed by atoms with Gasteiger partial charge >= 0.3 is 0 Å². The standard InChI is InChI=1S/C6H11BrO2.C3H5BrO.C3H6O.B/c1-6(2)8-4-5(3-7)9-6;4-1-3-2-5-3;1-3(2)4;/h5H,3-4H2,1-2H3;3H,1-2H2;1-2H3;. The zero-order valence-electron chi connectivity index (χ0n) is 11.9. The molecule has 0 aromatic rings. The lowest BCUT2D eigenvalue weighted by molar-refractivity contribution is -0.135. The maximum atomic E-state index is 9.44. The molecule has 0 aromatic carbocycles. The van der Waals surface area contributed by atoms with E-state index in [-0.39, 0.29) is 26.1 Å². The van der Waals surface area contributed by atoms with E-state index in [0.717, 1.165) is 17.3 Å². The van der Waals surface area contributed by atoms with Crippen LogP contribution in [0.15, 0.2) is 0 Å². The first-order chi connectivity index (χ1) is 8.30. The first kappa shape index (κ1) is 21.9. The van der Waals surface area contributed by atoms with Gasteiger partial charge in [-0.15, -0.1) is 0 Å². The molecule has 0 spiro atoms. The van der Waals surface area contributed by atoms with E-state index in [2.05, 4.69) is 31.9 Å². The topological polar surface area (TPSA) is 48.1 Å². The molecule has 19 heavy (non-hydrogen) atoms. The van der Waals surface area contributed by atoms with Gasteiger partial charge in [-0.1, -0.05) is 31.9 Å². The third-order valence-electron chi connectivity index (χ3n) is 1.81. The van der Waals surface area contributed by atoms with E-state index in [1.54, 1.807) is 0 Å². The smallest absolute Gasteiger partial charge is 0.163 e. The number of hydrogen-bond acceptors (Lipinski definition) is 4. The summed E-state index contributed by atoms with van der Waals surface area (Å²) < 4.78 is 15.5. The summed E-state index contributed by atoms with van der Waals surface area (Å²) in [5.41, 5.74) is 0. The molecule has 2 heterocycles. The monoisotopic (exact) mass is 399 g/mol. The van der Waals surface area contributed by atoms with E-state index in [9.17, 15) is 4.79 Å². The summed E-state index contributed by atoms with van der Waals surface area (Å²) in [6, 6.07) is 0. The van der Waals surface area contributed by atoms with Gasteiger partial charge < -0.3 is 19.0 Å². The van der Waals surface area contributed by atoms with Crippen molar-refractivity contribution >= 4 is 46.1 Å². The zero-order valence-corrected chi connectivity index (χ0v) is 15.1. The molecule has 0 N–H and O–H groups in total. The molecule has 2 saturated heterocycles. The van der Waals surface area contributed by atoms with Crippen LogP contribution in [0.25, 0.3) is 0 Å². The summed E-state index contributed by atoms with van der Waals surface area (Å²) in [5, 5.41) is 1.86. The van der Waals surface area contributed by atoms with Crippen LogP contribution in [0.3, 0.4) is 0 Å². The van der Waals surface area contributed by atoms with Crippen LogP contribution in [-0.4, -0.2) is 56.1 Å². The van der Waals surface area contributed by atoms with E-state index in [4.69, 9.17) is 14.2 Å². The van der Waals surface area contributed by atoms with Crippen molar-refractivity contribution in [2.75, 3.05) is 23.9 Å². The van der Waals surface area contributed by atoms with Crippen molar-refractivity contribution in [3.63, 3.8) is 0 Å². The van der Waals surface area contributed by atoms with Gasteiger partial charge in [-0.05, 0) is 27.7 Å². The van der Waals surface area contributed by atoms with Gasteiger partial charge in [0.25, 0.3) is 0 Å². The molecule has 2 aliphatic rings. The fourth-order valence-corrected chi connectivity index (χ4v) is 1.69. The summed E-state index contributed by atoms with van der Waals surface area (Å²) in [6.45, 7) is 8.58. The summed E-state index contributed by atoms with van der Waals surface area (Å²) in [4.78, 5) is 9.44. The fourth-order valence-electron chi connectivity index (χ4n) is 0.996. The van der Waals surface area contributed by atoms with Gasteiger partial charge in [0.15, 0.2) is 5.79 Å². The highest BCUT2D eigenvalue weighted by Crippen LogP contribution is 2.22. The van der Waals surface area contributed by atoms with E-state index in [1.165, 1.54) is 13.8 Å². The lowest BCUT2D eigenvalue weighted by atomic mass is 10.4. The van der Waals surface area contributed by atoms with Crippen LogP contribution in [0.4, 0.5) is 0 Å². The van der Waals surface area contributed by atoms with Crippen LogP contribution in [0.1, 0.15) is 27.7 Å². The minimum Gasteiger partial charge on any atom is -0.372 e. The Labute approximate surface area is 134 Å². The van der Waals surface area contributed by atoms with Gasteiger partial charge in [0.2, 0.25) is 0 Å². The molecule has 0 amide bonds. The highest BCUT2D eigenvalue weighted by atomic mass is 79.9. The minimum atomic E-state index is -0.363. The average molecular weight is 401 g/mol. The third-order valence-corrected chi connectivity index (χ3v) is 3.26. The van der Waals surface area contributed by atoms with Gasteiger partial charge in [0.1, 0.15) is 5.78 Å². The Hall–Kier alpha value is 0.575. The molecule has 2 unspecified atom stereocenters. The summed E-state index contributed by atoms with van der Waals surface area (Å²) in [6.07, 6.45) is 0.787. The normalized spacial score (nSPS) is 26.0. The number of halogens is 2. The van der Waals surface area contributed by atoms with Crippen LogP contribution in [0, 0.1) is 0 Å². The molecule has 2 aliphatic heterocycles. The second kappa shape index (κ2) is 11.3. The number of alkyl halides is 2. The van der Waals surface area contributed by atoms with Crippen molar-refractivity contribution in [2.45, 2.75) is 45.7 Å².